The zero-order chi connectivity index (χ0) is 8.55. The topological polar surface area (TPSA) is 45.8 Å². The SMILES string of the molecule is CSc1nc(C2CC2)cc(=O)[nH]1. The quantitative estimate of drug-likeness (QED) is 0.555. The molecule has 0 radical (unpaired) electrons. The van der Waals surface area contributed by atoms with E-state index in [0.29, 0.717) is 5.92 Å². The van der Waals surface area contributed by atoms with Crippen LogP contribution in [-0.4, -0.2) is 16.2 Å². The zero-order valence-corrected chi connectivity index (χ0v) is 7.65. The van der Waals surface area contributed by atoms with Gasteiger partial charge in [-0.15, -0.1) is 0 Å². The molecule has 1 N–H and O–H groups in total. The molecular weight excluding hydrogens is 172 g/mol. The second-order valence-electron chi connectivity index (χ2n) is 2.95. The lowest BCUT2D eigenvalue weighted by atomic mass is 10.3. The van der Waals surface area contributed by atoms with Crippen LogP contribution in [0.1, 0.15) is 24.5 Å². The Bertz CT molecular complexity index is 343. The lowest BCUT2D eigenvalue weighted by Gasteiger charge is -1.98. The summed E-state index contributed by atoms with van der Waals surface area (Å²) in [5.74, 6) is 0.554. The van der Waals surface area contributed by atoms with E-state index in [1.165, 1.54) is 24.6 Å². The number of H-pyrrole nitrogens is 1. The van der Waals surface area contributed by atoms with Crippen LogP contribution >= 0.6 is 11.8 Å². The number of hydrogen-bond donors (Lipinski definition) is 1. The van der Waals surface area contributed by atoms with Crippen molar-refractivity contribution in [1.29, 1.82) is 0 Å². The van der Waals surface area contributed by atoms with Crippen molar-refractivity contribution in [3.63, 3.8) is 0 Å². The molecule has 3 nitrogen and oxygen atoms in total. The minimum atomic E-state index is -0.0312. The summed E-state index contributed by atoms with van der Waals surface area (Å²) in [6.45, 7) is 0. The van der Waals surface area contributed by atoms with Gasteiger partial charge < -0.3 is 4.98 Å². The third-order valence-electron chi connectivity index (χ3n) is 1.93. The van der Waals surface area contributed by atoms with E-state index in [0.717, 1.165) is 10.9 Å². The van der Waals surface area contributed by atoms with Crippen LogP contribution < -0.4 is 5.56 Å². The summed E-state index contributed by atoms with van der Waals surface area (Å²) in [6.07, 6.45) is 4.28. The summed E-state index contributed by atoms with van der Waals surface area (Å²) in [5, 5.41) is 0.726. The lowest BCUT2D eigenvalue weighted by molar-refractivity contribution is 0.864. The number of aromatic amines is 1. The first-order valence-electron chi connectivity index (χ1n) is 3.95. The molecule has 0 atom stereocenters. The Morgan fingerprint density at radius 2 is 2.42 bits per heavy atom. The van der Waals surface area contributed by atoms with Gasteiger partial charge in [0.15, 0.2) is 5.16 Å². The third kappa shape index (κ3) is 1.53. The maximum atomic E-state index is 11.1. The molecular formula is C8H10N2OS. The second kappa shape index (κ2) is 2.94. The molecule has 0 aromatic carbocycles. The number of aromatic nitrogens is 2. The van der Waals surface area contributed by atoms with Crippen LogP contribution in [0.15, 0.2) is 16.0 Å². The van der Waals surface area contributed by atoms with Crippen LogP contribution in [-0.2, 0) is 0 Å². The van der Waals surface area contributed by atoms with Crippen molar-refractivity contribution < 1.29 is 0 Å². The number of rotatable bonds is 2. The predicted octanol–water partition coefficient (Wildman–Crippen LogP) is 1.37. The fourth-order valence-corrected chi connectivity index (χ4v) is 1.54. The van der Waals surface area contributed by atoms with Crippen LogP contribution in [0.25, 0.3) is 0 Å². The summed E-state index contributed by atoms with van der Waals surface area (Å²) in [7, 11) is 0. The summed E-state index contributed by atoms with van der Waals surface area (Å²) in [5.41, 5.74) is 0.930. The predicted molar refractivity (Wildman–Crippen MR) is 48.6 cm³/mol. The Kier molecular flexibility index (Phi) is 1.92. The molecule has 0 amide bonds. The molecule has 1 aliphatic rings. The minimum Gasteiger partial charge on any atom is -0.301 e. The van der Waals surface area contributed by atoms with Crippen LogP contribution in [0.3, 0.4) is 0 Å². The Labute approximate surface area is 74.6 Å². The largest absolute Gasteiger partial charge is 0.301 e. The second-order valence-corrected chi connectivity index (χ2v) is 3.75. The highest BCUT2D eigenvalue weighted by Crippen LogP contribution is 2.38. The smallest absolute Gasteiger partial charge is 0.251 e. The van der Waals surface area contributed by atoms with Gasteiger partial charge in [-0.3, -0.25) is 4.79 Å². The van der Waals surface area contributed by atoms with E-state index < -0.39 is 0 Å². The molecule has 0 bridgehead atoms. The van der Waals surface area contributed by atoms with Crippen molar-refractivity contribution in [3.05, 3.63) is 22.1 Å². The van der Waals surface area contributed by atoms with Gasteiger partial charge in [0, 0.05) is 12.0 Å². The van der Waals surface area contributed by atoms with E-state index in [-0.39, 0.29) is 5.56 Å². The van der Waals surface area contributed by atoms with Gasteiger partial charge in [0.1, 0.15) is 0 Å². The summed E-state index contributed by atoms with van der Waals surface area (Å²) in [4.78, 5) is 18.1. The van der Waals surface area contributed by atoms with Crippen molar-refractivity contribution in [2.24, 2.45) is 0 Å². The van der Waals surface area contributed by atoms with E-state index in [4.69, 9.17) is 0 Å². The van der Waals surface area contributed by atoms with Gasteiger partial charge in [0.2, 0.25) is 0 Å². The number of hydrogen-bond acceptors (Lipinski definition) is 3. The molecule has 64 valence electrons. The number of thioether (sulfide) groups is 1. The summed E-state index contributed by atoms with van der Waals surface area (Å²) in [6, 6.07) is 1.61. The first-order chi connectivity index (χ1) is 5.79. The standard InChI is InChI=1S/C8H10N2OS/c1-12-8-9-6(5-2-3-5)4-7(11)10-8/h4-5H,2-3H2,1H3,(H,9,10,11). The van der Waals surface area contributed by atoms with E-state index >= 15 is 0 Å². The Balaban J connectivity index is 2.41. The monoisotopic (exact) mass is 182 g/mol. The van der Waals surface area contributed by atoms with Crippen LogP contribution in [0.4, 0.5) is 0 Å². The molecule has 0 spiro atoms. The van der Waals surface area contributed by atoms with E-state index in [9.17, 15) is 4.79 Å². The maximum absolute atomic E-state index is 11.1. The molecule has 12 heavy (non-hydrogen) atoms. The summed E-state index contributed by atoms with van der Waals surface area (Å²) >= 11 is 1.48. The van der Waals surface area contributed by atoms with Gasteiger partial charge in [-0.2, -0.15) is 0 Å². The fraction of sp³-hybridized carbons (Fsp3) is 0.500. The lowest BCUT2D eigenvalue weighted by Crippen LogP contribution is -2.09. The maximum Gasteiger partial charge on any atom is 0.251 e. The number of nitrogens with zero attached hydrogens (tertiary/aromatic N) is 1. The molecule has 1 aromatic heterocycles. The van der Waals surface area contributed by atoms with E-state index in [1.54, 1.807) is 6.07 Å². The van der Waals surface area contributed by atoms with Gasteiger partial charge in [0.05, 0.1) is 5.69 Å². The van der Waals surface area contributed by atoms with Gasteiger partial charge in [-0.05, 0) is 19.1 Å². The molecule has 1 fully saturated rings. The van der Waals surface area contributed by atoms with Crippen LogP contribution in [0.5, 0.6) is 0 Å². The molecule has 2 rings (SSSR count). The first-order valence-corrected chi connectivity index (χ1v) is 5.17. The highest BCUT2D eigenvalue weighted by Gasteiger charge is 2.25. The average Bonchev–Trinajstić information content (AvgIpc) is 2.85. The molecule has 1 heterocycles. The molecule has 0 unspecified atom stereocenters. The Morgan fingerprint density at radius 1 is 1.67 bits per heavy atom. The minimum absolute atomic E-state index is 0.0312. The van der Waals surface area contributed by atoms with Gasteiger partial charge in [0.25, 0.3) is 5.56 Å². The van der Waals surface area contributed by atoms with Crippen molar-refractivity contribution in [2.45, 2.75) is 23.9 Å². The molecule has 1 aromatic rings. The first kappa shape index (κ1) is 7.86. The van der Waals surface area contributed by atoms with Crippen LogP contribution in [0.2, 0.25) is 0 Å². The zero-order valence-electron chi connectivity index (χ0n) is 6.83. The van der Waals surface area contributed by atoms with Crippen molar-refractivity contribution in [3.8, 4) is 0 Å². The fourth-order valence-electron chi connectivity index (χ4n) is 1.14. The van der Waals surface area contributed by atoms with Gasteiger partial charge in [-0.1, -0.05) is 11.8 Å². The average molecular weight is 182 g/mol. The van der Waals surface area contributed by atoms with E-state index in [2.05, 4.69) is 9.97 Å². The molecule has 1 aliphatic carbocycles. The highest BCUT2D eigenvalue weighted by molar-refractivity contribution is 7.98. The summed E-state index contributed by atoms with van der Waals surface area (Å²) < 4.78 is 0. The van der Waals surface area contributed by atoms with Crippen molar-refractivity contribution in [2.75, 3.05) is 6.26 Å². The van der Waals surface area contributed by atoms with Gasteiger partial charge in [-0.25, -0.2) is 4.98 Å². The molecule has 0 aliphatic heterocycles. The highest BCUT2D eigenvalue weighted by atomic mass is 32.2. The van der Waals surface area contributed by atoms with Crippen LogP contribution in [0, 0.1) is 0 Å². The normalized spacial score (nSPS) is 16.4. The molecule has 4 heteroatoms. The molecule has 0 saturated heterocycles. The molecule has 1 saturated carbocycles. The van der Waals surface area contributed by atoms with Crippen molar-refractivity contribution >= 4 is 11.8 Å². The van der Waals surface area contributed by atoms with Crippen molar-refractivity contribution in [1.82, 2.24) is 9.97 Å². The third-order valence-corrected chi connectivity index (χ3v) is 2.51. The van der Waals surface area contributed by atoms with E-state index in [1.807, 2.05) is 6.26 Å². The Morgan fingerprint density at radius 3 is 3.00 bits per heavy atom. The number of nitrogens with one attached hydrogen (secondary N) is 1. The Hall–Kier alpha value is -0.770. The van der Waals surface area contributed by atoms with Gasteiger partial charge >= 0.3 is 0 Å².